The van der Waals surface area contributed by atoms with Gasteiger partial charge in [-0.05, 0) is 25.0 Å². The number of unbranched alkanes of at least 4 members (excludes halogenated alkanes) is 2. The number of fused-ring (bicyclic) bond motifs is 3. The van der Waals surface area contributed by atoms with Crippen LogP contribution in [0.5, 0.6) is 0 Å². The van der Waals surface area contributed by atoms with Crippen molar-refractivity contribution < 1.29 is 31.9 Å². The largest absolute Gasteiger partial charge is 0.410 e. The summed E-state index contributed by atoms with van der Waals surface area (Å²) in [7, 11) is -8.46. The highest BCUT2D eigenvalue weighted by Gasteiger charge is 2.41. The molecule has 0 fully saturated rings. The molecule has 0 aliphatic heterocycles. The number of hydrogen-bond donors (Lipinski definition) is 3. The molecule has 0 atom stereocenters. The van der Waals surface area contributed by atoms with Crippen LogP contribution >= 0.6 is 0 Å². The van der Waals surface area contributed by atoms with Crippen molar-refractivity contribution in [3.05, 3.63) is 55.6 Å². The lowest BCUT2D eigenvalue weighted by molar-refractivity contribution is -0.386. The van der Waals surface area contributed by atoms with E-state index in [4.69, 9.17) is 0 Å². The van der Waals surface area contributed by atoms with Crippen molar-refractivity contribution in [3.8, 4) is 11.1 Å². The van der Waals surface area contributed by atoms with Gasteiger partial charge in [0.05, 0.1) is 30.8 Å². The molecule has 16 heteroatoms. The first kappa shape index (κ1) is 28.1. The average molecular weight is 556 g/mol. The first-order valence-corrected chi connectivity index (χ1v) is 14.2. The van der Waals surface area contributed by atoms with Gasteiger partial charge < -0.3 is 5.21 Å². The Morgan fingerprint density at radius 3 is 1.46 bits per heavy atom. The van der Waals surface area contributed by atoms with E-state index in [1.54, 1.807) is 0 Å². The molecule has 1 aliphatic carbocycles. The van der Waals surface area contributed by atoms with Crippen LogP contribution in [0.25, 0.3) is 11.1 Å². The van der Waals surface area contributed by atoms with Crippen molar-refractivity contribution >= 4 is 37.1 Å². The third-order valence-corrected chi connectivity index (χ3v) is 8.58. The van der Waals surface area contributed by atoms with Gasteiger partial charge >= 0.3 is 0 Å². The molecule has 0 bridgehead atoms. The molecular formula is C21H25N5O9S2. The summed E-state index contributed by atoms with van der Waals surface area (Å²) in [5.41, 5.74) is -3.24. The molecule has 200 valence electrons. The zero-order valence-electron chi connectivity index (χ0n) is 19.9. The molecule has 0 aromatic heterocycles. The predicted molar refractivity (Wildman–Crippen MR) is 133 cm³/mol. The Hall–Kier alpha value is -3.47. The number of nitro benzene ring substituents is 2. The molecule has 14 nitrogen and oxygen atoms in total. The maximum Gasteiger partial charge on any atom is 0.279 e. The topological polar surface area (TPSA) is 211 Å². The lowest BCUT2D eigenvalue weighted by atomic mass is 10.0. The second kappa shape index (κ2) is 10.9. The number of benzene rings is 2. The SMILES string of the molecule is CCCCNS(=O)(=O)c1cc2c(c([N+](=O)[O-])c1)-c1c(cc(S(=O)(=O)NCCCC)cc1[N+](=O)[O-])C2=NO. The average Bonchev–Trinajstić information content (AvgIpc) is 3.16. The highest BCUT2D eigenvalue weighted by Crippen LogP contribution is 2.49. The highest BCUT2D eigenvalue weighted by molar-refractivity contribution is 7.89. The highest BCUT2D eigenvalue weighted by atomic mass is 32.2. The van der Waals surface area contributed by atoms with Crippen LogP contribution in [0.2, 0.25) is 0 Å². The van der Waals surface area contributed by atoms with Gasteiger partial charge in [-0.2, -0.15) is 0 Å². The van der Waals surface area contributed by atoms with Crippen LogP contribution in [0.15, 0.2) is 39.2 Å². The third-order valence-electron chi connectivity index (χ3n) is 5.70. The molecule has 2 aromatic rings. The Balaban J connectivity index is 2.31. The maximum atomic E-state index is 12.8. The lowest BCUT2D eigenvalue weighted by Crippen LogP contribution is -2.25. The molecule has 3 rings (SSSR count). The van der Waals surface area contributed by atoms with Gasteiger partial charge in [-0.3, -0.25) is 20.2 Å². The Morgan fingerprint density at radius 2 is 1.16 bits per heavy atom. The van der Waals surface area contributed by atoms with E-state index in [1.165, 1.54) is 0 Å². The van der Waals surface area contributed by atoms with Crippen molar-refractivity contribution in [2.24, 2.45) is 5.16 Å². The molecule has 37 heavy (non-hydrogen) atoms. The van der Waals surface area contributed by atoms with E-state index in [2.05, 4.69) is 14.6 Å². The molecule has 0 radical (unpaired) electrons. The molecule has 0 amide bonds. The molecule has 0 unspecified atom stereocenters. The number of nitrogens with one attached hydrogen (secondary N) is 2. The van der Waals surface area contributed by atoms with Gasteiger partial charge in [0.25, 0.3) is 11.4 Å². The molecule has 0 saturated heterocycles. The van der Waals surface area contributed by atoms with E-state index in [1.807, 2.05) is 13.8 Å². The zero-order valence-corrected chi connectivity index (χ0v) is 21.6. The van der Waals surface area contributed by atoms with Crippen molar-refractivity contribution in [1.29, 1.82) is 0 Å². The number of oxime groups is 1. The van der Waals surface area contributed by atoms with Crippen molar-refractivity contribution in [2.75, 3.05) is 13.1 Å². The van der Waals surface area contributed by atoms with Gasteiger partial charge in [-0.1, -0.05) is 31.8 Å². The second-order valence-corrected chi connectivity index (χ2v) is 11.7. The van der Waals surface area contributed by atoms with Crippen LogP contribution in [0.1, 0.15) is 50.7 Å². The summed E-state index contributed by atoms with van der Waals surface area (Å²) < 4.78 is 55.9. The van der Waals surface area contributed by atoms with Gasteiger partial charge in [-0.25, -0.2) is 26.3 Å². The number of sulfonamides is 2. The number of rotatable bonds is 12. The summed E-state index contributed by atoms with van der Waals surface area (Å²) in [4.78, 5) is 21.1. The van der Waals surface area contributed by atoms with Crippen LogP contribution in [-0.2, 0) is 20.0 Å². The first-order valence-electron chi connectivity index (χ1n) is 11.3. The number of nitrogens with zero attached hydrogens (tertiary/aromatic N) is 3. The van der Waals surface area contributed by atoms with E-state index in [0.29, 0.717) is 25.7 Å². The minimum absolute atomic E-state index is 0.0720. The Bertz CT molecular complexity index is 1390. The fourth-order valence-corrected chi connectivity index (χ4v) is 6.12. The fourth-order valence-electron chi connectivity index (χ4n) is 3.89. The smallest absolute Gasteiger partial charge is 0.279 e. The van der Waals surface area contributed by atoms with Crippen LogP contribution in [0.3, 0.4) is 0 Å². The molecule has 3 N–H and O–H groups in total. The number of nitro groups is 2. The van der Waals surface area contributed by atoms with E-state index in [-0.39, 0.29) is 35.3 Å². The summed E-state index contributed by atoms with van der Waals surface area (Å²) in [5, 5.41) is 36.8. The monoisotopic (exact) mass is 555 g/mol. The summed E-state index contributed by atoms with van der Waals surface area (Å²) in [5.74, 6) is 0. The summed E-state index contributed by atoms with van der Waals surface area (Å²) in [6, 6.07) is 3.53. The standard InChI is InChI=1S/C21H25N5O9S2/c1-3-5-7-22-36(32,33)13-9-15-19(17(11-13)25(28)29)20-16(21(15)24-27)10-14(12-18(20)26(30)31)37(34,35)23-8-6-4-2/h9-12,22-23,27H,3-8H2,1-2H3. The molecule has 2 aromatic carbocycles. The quantitative estimate of drug-likeness (QED) is 0.129. The van der Waals surface area contributed by atoms with Crippen LogP contribution in [-0.4, -0.2) is 50.7 Å². The molecule has 1 aliphatic rings. The third kappa shape index (κ3) is 5.46. The predicted octanol–water partition coefficient (Wildman–Crippen LogP) is 2.87. The normalized spacial score (nSPS) is 12.8. The zero-order chi connectivity index (χ0) is 27.5. The van der Waals surface area contributed by atoms with Gasteiger partial charge in [-0.15, -0.1) is 0 Å². The summed E-state index contributed by atoms with van der Waals surface area (Å²) >= 11 is 0. The van der Waals surface area contributed by atoms with Crippen molar-refractivity contribution in [1.82, 2.24) is 9.44 Å². The van der Waals surface area contributed by atoms with Gasteiger partial charge in [0.2, 0.25) is 20.0 Å². The Kier molecular flexibility index (Phi) is 8.26. The van der Waals surface area contributed by atoms with Crippen LogP contribution in [0, 0.1) is 20.2 Å². The number of hydrogen-bond acceptors (Lipinski definition) is 10. The fraction of sp³-hybridized carbons (Fsp3) is 0.381. The van der Waals surface area contributed by atoms with Crippen LogP contribution < -0.4 is 9.44 Å². The van der Waals surface area contributed by atoms with E-state index >= 15 is 0 Å². The first-order chi connectivity index (χ1) is 17.4. The molecule has 0 heterocycles. The van der Waals surface area contributed by atoms with Crippen molar-refractivity contribution in [3.63, 3.8) is 0 Å². The second-order valence-electron chi connectivity index (χ2n) is 8.20. The molecular weight excluding hydrogens is 530 g/mol. The van der Waals surface area contributed by atoms with Gasteiger partial charge in [0.1, 0.15) is 5.71 Å². The van der Waals surface area contributed by atoms with Gasteiger partial charge in [0, 0.05) is 36.3 Å². The lowest BCUT2D eigenvalue weighted by Gasteiger charge is -2.10. The maximum absolute atomic E-state index is 12.8. The summed E-state index contributed by atoms with van der Waals surface area (Å²) in [6.07, 6.45) is 2.39. The van der Waals surface area contributed by atoms with Gasteiger partial charge in [0.15, 0.2) is 0 Å². The Morgan fingerprint density at radius 1 is 0.784 bits per heavy atom. The molecule has 0 spiro atoms. The van der Waals surface area contributed by atoms with E-state index in [0.717, 1.165) is 24.3 Å². The van der Waals surface area contributed by atoms with Crippen LogP contribution in [0.4, 0.5) is 11.4 Å². The minimum Gasteiger partial charge on any atom is -0.410 e. The van der Waals surface area contributed by atoms with E-state index < -0.39 is 56.8 Å². The molecule has 0 saturated carbocycles. The summed E-state index contributed by atoms with van der Waals surface area (Å²) in [6.45, 7) is 3.83. The minimum atomic E-state index is -4.23. The van der Waals surface area contributed by atoms with E-state index in [9.17, 15) is 42.3 Å². The Labute approximate surface area is 212 Å². The van der Waals surface area contributed by atoms with Crippen molar-refractivity contribution in [2.45, 2.75) is 49.3 Å².